The molecule has 1 aromatic rings. The molecule has 0 aliphatic heterocycles. The molecule has 0 saturated carbocycles. The first-order valence-corrected chi connectivity index (χ1v) is 6.46. The molecule has 0 spiro atoms. The summed E-state index contributed by atoms with van der Waals surface area (Å²) in [6.45, 7) is 6.06. The van der Waals surface area contributed by atoms with Gasteiger partial charge < -0.3 is 20.1 Å². The lowest BCUT2D eigenvalue weighted by molar-refractivity contribution is -0.139. The average molecular weight is 280 g/mol. The van der Waals surface area contributed by atoms with Crippen LogP contribution in [0.1, 0.15) is 20.8 Å². The molecule has 6 nitrogen and oxygen atoms in total. The van der Waals surface area contributed by atoms with E-state index < -0.39 is 5.97 Å². The number of urea groups is 1. The summed E-state index contributed by atoms with van der Waals surface area (Å²) in [5.41, 5.74) is 0.636. The second-order valence-corrected chi connectivity index (χ2v) is 4.52. The first-order valence-electron chi connectivity index (χ1n) is 6.46. The summed E-state index contributed by atoms with van der Waals surface area (Å²) < 4.78 is 5.01. The average Bonchev–Trinajstić information content (AvgIpc) is 2.38. The third-order valence-electron chi connectivity index (χ3n) is 2.69. The molecule has 0 atom stereocenters. The number of benzene rings is 1. The molecule has 0 aliphatic carbocycles. The van der Waals surface area contributed by atoms with Crippen LogP contribution in [0, 0.1) is 0 Å². The van der Waals surface area contributed by atoms with Gasteiger partial charge in [-0.15, -0.1) is 0 Å². The smallest absolute Gasteiger partial charge is 0.341 e. The van der Waals surface area contributed by atoms with Gasteiger partial charge in [0.1, 0.15) is 5.75 Å². The fourth-order valence-corrected chi connectivity index (χ4v) is 1.72. The van der Waals surface area contributed by atoms with Crippen LogP contribution >= 0.6 is 0 Å². The number of amides is 2. The highest BCUT2D eigenvalue weighted by atomic mass is 16.5. The standard InChI is InChI=1S/C14H20N2O4/c1-4-16(10(2)3)14(19)15-11-5-7-12(8-6-11)20-9-13(17)18/h5-8,10H,4,9H2,1-3H3,(H,15,19)(H,17,18). The van der Waals surface area contributed by atoms with Crippen LogP contribution in [0.15, 0.2) is 24.3 Å². The molecule has 0 heterocycles. The van der Waals surface area contributed by atoms with Gasteiger partial charge in [-0.2, -0.15) is 0 Å². The summed E-state index contributed by atoms with van der Waals surface area (Å²) in [5.74, 6) is -0.584. The molecule has 0 bridgehead atoms. The number of aliphatic carboxylic acids is 1. The molecule has 110 valence electrons. The number of carbonyl (C=O) groups excluding carboxylic acids is 1. The molecule has 0 radical (unpaired) electrons. The van der Waals surface area contributed by atoms with E-state index in [0.29, 0.717) is 18.0 Å². The van der Waals surface area contributed by atoms with Crippen molar-refractivity contribution >= 4 is 17.7 Å². The molecule has 0 aliphatic rings. The summed E-state index contributed by atoms with van der Waals surface area (Å²) in [6.07, 6.45) is 0. The number of hydrogen-bond donors (Lipinski definition) is 2. The van der Waals surface area contributed by atoms with E-state index in [-0.39, 0.29) is 18.7 Å². The van der Waals surface area contributed by atoms with E-state index in [2.05, 4.69) is 5.32 Å². The number of ether oxygens (including phenoxy) is 1. The zero-order valence-electron chi connectivity index (χ0n) is 11.9. The Morgan fingerprint density at radius 3 is 2.35 bits per heavy atom. The van der Waals surface area contributed by atoms with Crippen LogP contribution in [-0.4, -0.2) is 41.2 Å². The lowest BCUT2D eigenvalue weighted by Gasteiger charge is -2.25. The second-order valence-electron chi connectivity index (χ2n) is 4.52. The summed E-state index contributed by atoms with van der Waals surface area (Å²) >= 11 is 0. The first kappa shape index (κ1) is 15.8. The van der Waals surface area contributed by atoms with Gasteiger partial charge in [0.05, 0.1) is 0 Å². The lowest BCUT2D eigenvalue weighted by atomic mass is 10.3. The van der Waals surface area contributed by atoms with Gasteiger partial charge in [-0.1, -0.05) is 0 Å². The fourth-order valence-electron chi connectivity index (χ4n) is 1.72. The van der Waals surface area contributed by atoms with Gasteiger partial charge in [0.2, 0.25) is 0 Å². The minimum absolute atomic E-state index is 0.123. The Kier molecular flexibility index (Phi) is 5.83. The van der Waals surface area contributed by atoms with Crippen LogP contribution in [-0.2, 0) is 4.79 Å². The number of carboxylic acid groups (broad SMARTS) is 1. The molecule has 20 heavy (non-hydrogen) atoms. The Balaban J connectivity index is 2.60. The largest absolute Gasteiger partial charge is 0.482 e. The quantitative estimate of drug-likeness (QED) is 0.838. The topological polar surface area (TPSA) is 78.9 Å². The predicted molar refractivity (Wildman–Crippen MR) is 76.1 cm³/mol. The van der Waals surface area contributed by atoms with Crippen LogP contribution < -0.4 is 10.1 Å². The minimum Gasteiger partial charge on any atom is -0.482 e. The summed E-state index contributed by atoms with van der Waals surface area (Å²) in [6, 6.07) is 6.53. The molecule has 1 aromatic carbocycles. The van der Waals surface area contributed by atoms with Gasteiger partial charge in [-0.25, -0.2) is 9.59 Å². The second kappa shape index (κ2) is 7.37. The van der Waals surface area contributed by atoms with Crippen molar-refractivity contribution in [3.8, 4) is 5.75 Å². The van der Waals surface area contributed by atoms with Crippen LogP contribution in [0.3, 0.4) is 0 Å². The molecular weight excluding hydrogens is 260 g/mol. The van der Waals surface area contributed by atoms with E-state index in [4.69, 9.17) is 9.84 Å². The lowest BCUT2D eigenvalue weighted by Crippen LogP contribution is -2.39. The van der Waals surface area contributed by atoms with E-state index in [9.17, 15) is 9.59 Å². The van der Waals surface area contributed by atoms with Crippen LogP contribution in [0.5, 0.6) is 5.75 Å². The SMILES string of the molecule is CCN(C(=O)Nc1ccc(OCC(=O)O)cc1)C(C)C. The van der Waals surface area contributed by atoms with E-state index in [1.165, 1.54) is 0 Å². The normalized spacial score (nSPS) is 10.2. The van der Waals surface area contributed by atoms with Crippen molar-refractivity contribution in [3.63, 3.8) is 0 Å². The maximum absolute atomic E-state index is 12.0. The number of carboxylic acids is 1. The van der Waals surface area contributed by atoms with Gasteiger partial charge in [-0.05, 0) is 45.0 Å². The molecule has 1 rings (SSSR count). The third kappa shape index (κ3) is 4.79. The highest BCUT2D eigenvalue weighted by Crippen LogP contribution is 2.16. The number of nitrogens with zero attached hydrogens (tertiary/aromatic N) is 1. The Morgan fingerprint density at radius 2 is 1.90 bits per heavy atom. The van der Waals surface area contributed by atoms with E-state index >= 15 is 0 Å². The van der Waals surface area contributed by atoms with Gasteiger partial charge in [0.15, 0.2) is 6.61 Å². The molecule has 6 heteroatoms. The molecular formula is C14H20N2O4. The van der Waals surface area contributed by atoms with Crippen molar-refractivity contribution in [2.75, 3.05) is 18.5 Å². The minimum atomic E-state index is -1.03. The zero-order valence-corrected chi connectivity index (χ0v) is 11.9. The number of carbonyl (C=O) groups is 2. The molecule has 2 N–H and O–H groups in total. The highest BCUT2D eigenvalue weighted by Gasteiger charge is 2.14. The number of anilines is 1. The molecule has 0 aromatic heterocycles. The third-order valence-corrected chi connectivity index (χ3v) is 2.69. The Morgan fingerprint density at radius 1 is 1.30 bits per heavy atom. The maximum Gasteiger partial charge on any atom is 0.341 e. The van der Waals surface area contributed by atoms with E-state index in [0.717, 1.165) is 0 Å². The Hall–Kier alpha value is -2.24. The Labute approximate surface area is 118 Å². The summed E-state index contributed by atoms with van der Waals surface area (Å²) in [4.78, 5) is 24.1. The van der Waals surface area contributed by atoms with Crippen molar-refractivity contribution in [1.29, 1.82) is 0 Å². The van der Waals surface area contributed by atoms with Crippen molar-refractivity contribution < 1.29 is 19.4 Å². The predicted octanol–water partition coefficient (Wildman–Crippen LogP) is 2.41. The summed E-state index contributed by atoms with van der Waals surface area (Å²) in [5, 5.41) is 11.3. The monoisotopic (exact) mass is 280 g/mol. The number of rotatable bonds is 6. The van der Waals surface area contributed by atoms with E-state index in [1.54, 1.807) is 29.2 Å². The van der Waals surface area contributed by atoms with Crippen molar-refractivity contribution in [2.45, 2.75) is 26.8 Å². The van der Waals surface area contributed by atoms with Gasteiger partial charge in [-0.3, -0.25) is 0 Å². The summed E-state index contributed by atoms with van der Waals surface area (Å²) in [7, 11) is 0. The van der Waals surface area contributed by atoms with Gasteiger partial charge in [0.25, 0.3) is 0 Å². The van der Waals surface area contributed by atoms with Crippen molar-refractivity contribution in [2.24, 2.45) is 0 Å². The zero-order chi connectivity index (χ0) is 15.1. The van der Waals surface area contributed by atoms with E-state index in [1.807, 2.05) is 20.8 Å². The molecule has 0 unspecified atom stereocenters. The van der Waals surface area contributed by atoms with Gasteiger partial charge >= 0.3 is 12.0 Å². The molecule has 2 amide bonds. The number of nitrogens with one attached hydrogen (secondary N) is 1. The van der Waals surface area contributed by atoms with Crippen LogP contribution in [0.2, 0.25) is 0 Å². The van der Waals surface area contributed by atoms with Crippen molar-refractivity contribution in [3.05, 3.63) is 24.3 Å². The number of hydrogen-bond acceptors (Lipinski definition) is 3. The fraction of sp³-hybridized carbons (Fsp3) is 0.429. The van der Waals surface area contributed by atoms with Crippen LogP contribution in [0.4, 0.5) is 10.5 Å². The molecule has 0 saturated heterocycles. The van der Waals surface area contributed by atoms with Crippen LogP contribution in [0.25, 0.3) is 0 Å². The molecule has 0 fully saturated rings. The highest BCUT2D eigenvalue weighted by molar-refractivity contribution is 5.89. The van der Waals surface area contributed by atoms with Crippen molar-refractivity contribution in [1.82, 2.24) is 4.90 Å². The van der Waals surface area contributed by atoms with Gasteiger partial charge in [0, 0.05) is 18.3 Å². The maximum atomic E-state index is 12.0. The first-order chi connectivity index (χ1) is 9.43. The Bertz CT molecular complexity index is 457.